The molecule has 0 fully saturated rings. The van der Waals surface area contributed by atoms with Crippen molar-refractivity contribution in [1.82, 2.24) is 0 Å². The van der Waals surface area contributed by atoms with Gasteiger partial charge in [0.1, 0.15) is 0 Å². The Morgan fingerprint density at radius 3 is 1.44 bits per heavy atom. The Hall–Kier alpha value is 0.137. The number of aliphatic hydroxyl groups is 1. The molecule has 0 aliphatic carbocycles. The van der Waals surface area contributed by atoms with Crippen LogP contribution < -0.4 is 0 Å². The standard InChI is InChI=1S/C4H12OSi.C2H6O/c1-5-6(2,3)4;1-2-3/h1-4H3;3H,2H2,1H3. The molecule has 0 saturated heterocycles. The predicted octanol–water partition coefficient (Wildman–Crippen LogP) is 1.47. The van der Waals surface area contributed by atoms with E-state index in [2.05, 4.69) is 19.6 Å². The Kier molecular flexibility index (Phi) is 8.26. The second-order valence-electron chi connectivity index (χ2n) is 2.63. The predicted molar refractivity (Wildman–Crippen MR) is 43.1 cm³/mol. The molecule has 0 radical (unpaired) electrons. The second-order valence-corrected chi connectivity index (χ2v) is 7.27. The lowest BCUT2D eigenvalue weighted by Gasteiger charge is -2.10. The van der Waals surface area contributed by atoms with Crippen LogP contribution in [0, 0.1) is 0 Å². The summed E-state index contributed by atoms with van der Waals surface area (Å²) < 4.78 is 5.08. The monoisotopic (exact) mass is 150 g/mol. The van der Waals surface area contributed by atoms with Crippen molar-refractivity contribution in [2.24, 2.45) is 0 Å². The topological polar surface area (TPSA) is 29.5 Å². The SMILES string of the molecule is CCO.CO[Si](C)(C)C. The minimum atomic E-state index is -1.13. The van der Waals surface area contributed by atoms with Crippen molar-refractivity contribution in [1.29, 1.82) is 0 Å². The average molecular weight is 150 g/mol. The summed E-state index contributed by atoms with van der Waals surface area (Å²) in [6.45, 7) is 8.41. The highest BCUT2D eigenvalue weighted by Gasteiger charge is 2.09. The van der Waals surface area contributed by atoms with E-state index in [0.29, 0.717) is 0 Å². The molecule has 58 valence electrons. The van der Waals surface area contributed by atoms with Crippen molar-refractivity contribution >= 4 is 8.32 Å². The van der Waals surface area contributed by atoms with Crippen LogP contribution in [0.5, 0.6) is 0 Å². The van der Waals surface area contributed by atoms with Crippen LogP contribution in [0.3, 0.4) is 0 Å². The van der Waals surface area contributed by atoms with Crippen LogP contribution in [-0.4, -0.2) is 27.1 Å². The average Bonchev–Trinajstić information content (AvgIpc) is 1.67. The van der Waals surface area contributed by atoms with Crippen LogP contribution in [-0.2, 0) is 4.43 Å². The number of hydrogen-bond acceptors (Lipinski definition) is 2. The van der Waals surface area contributed by atoms with Crippen LogP contribution >= 0.6 is 0 Å². The Morgan fingerprint density at radius 1 is 1.33 bits per heavy atom. The number of aliphatic hydroxyl groups excluding tert-OH is 1. The molecule has 0 bridgehead atoms. The molecule has 0 aromatic rings. The Labute approximate surface area is 59.0 Å². The summed E-state index contributed by atoms with van der Waals surface area (Å²) in [5.41, 5.74) is 0. The lowest BCUT2D eigenvalue weighted by Crippen LogP contribution is -2.22. The molecule has 0 aliphatic rings. The molecule has 0 atom stereocenters. The van der Waals surface area contributed by atoms with Gasteiger partial charge in [0.25, 0.3) is 0 Å². The molecule has 9 heavy (non-hydrogen) atoms. The van der Waals surface area contributed by atoms with E-state index >= 15 is 0 Å². The van der Waals surface area contributed by atoms with Gasteiger partial charge in [-0.25, -0.2) is 0 Å². The molecule has 0 aromatic heterocycles. The van der Waals surface area contributed by atoms with Gasteiger partial charge in [0.2, 0.25) is 0 Å². The molecule has 0 aromatic carbocycles. The first-order valence-electron chi connectivity index (χ1n) is 3.14. The zero-order valence-electron chi connectivity index (χ0n) is 7.06. The van der Waals surface area contributed by atoms with Crippen LogP contribution in [0.1, 0.15) is 6.92 Å². The van der Waals surface area contributed by atoms with Crippen LogP contribution in [0.15, 0.2) is 0 Å². The van der Waals surface area contributed by atoms with Crippen molar-refractivity contribution in [2.45, 2.75) is 26.6 Å². The summed E-state index contributed by atoms with van der Waals surface area (Å²) in [7, 11) is 0.639. The first-order chi connectivity index (χ1) is 3.97. The summed E-state index contributed by atoms with van der Waals surface area (Å²) in [6.07, 6.45) is 0. The molecule has 1 N–H and O–H groups in total. The van der Waals surface area contributed by atoms with Gasteiger partial charge >= 0.3 is 0 Å². The van der Waals surface area contributed by atoms with E-state index in [1.165, 1.54) is 0 Å². The van der Waals surface area contributed by atoms with Crippen LogP contribution in [0.2, 0.25) is 19.6 Å². The summed E-state index contributed by atoms with van der Waals surface area (Å²) in [5.74, 6) is 0. The summed E-state index contributed by atoms with van der Waals surface area (Å²) in [6, 6.07) is 0. The molecule has 0 unspecified atom stereocenters. The van der Waals surface area contributed by atoms with Gasteiger partial charge in [0.05, 0.1) is 0 Å². The third kappa shape index (κ3) is 31.1. The maximum Gasteiger partial charge on any atom is 0.183 e. The zero-order chi connectivity index (χ0) is 7.91. The fraction of sp³-hybridized carbons (Fsp3) is 1.00. The van der Waals surface area contributed by atoms with E-state index < -0.39 is 8.32 Å². The fourth-order valence-corrected chi connectivity index (χ4v) is 0. The minimum absolute atomic E-state index is 0.250. The van der Waals surface area contributed by atoms with Gasteiger partial charge in [-0.3, -0.25) is 0 Å². The zero-order valence-corrected chi connectivity index (χ0v) is 8.06. The van der Waals surface area contributed by atoms with Gasteiger partial charge in [-0.2, -0.15) is 0 Å². The largest absolute Gasteiger partial charge is 0.421 e. The highest BCUT2D eigenvalue weighted by Crippen LogP contribution is 1.97. The number of hydrogen-bond donors (Lipinski definition) is 1. The van der Waals surface area contributed by atoms with E-state index in [9.17, 15) is 0 Å². The van der Waals surface area contributed by atoms with Crippen molar-refractivity contribution < 1.29 is 9.53 Å². The Balaban J connectivity index is 0. The summed E-state index contributed by atoms with van der Waals surface area (Å²) in [5, 5.41) is 7.57. The molecule has 0 aliphatic heterocycles. The molecule has 0 rings (SSSR count). The van der Waals surface area contributed by atoms with E-state index in [1.807, 2.05) is 0 Å². The van der Waals surface area contributed by atoms with Crippen LogP contribution in [0.25, 0.3) is 0 Å². The summed E-state index contributed by atoms with van der Waals surface area (Å²) in [4.78, 5) is 0. The normalized spacial score (nSPS) is 10.0. The highest BCUT2D eigenvalue weighted by atomic mass is 28.4. The van der Waals surface area contributed by atoms with Gasteiger partial charge in [0, 0.05) is 13.7 Å². The molecule has 0 saturated carbocycles. The van der Waals surface area contributed by atoms with E-state index in [-0.39, 0.29) is 6.61 Å². The molecule has 0 spiro atoms. The van der Waals surface area contributed by atoms with Gasteiger partial charge in [0.15, 0.2) is 8.32 Å². The smallest absolute Gasteiger partial charge is 0.183 e. The lowest BCUT2D eigenvalue weighted by molar-refractivity contribution is 0.318. The molecular weight excluding hydrogens is 132 g/mol. The third-order valence-corrected chi connectivity index (χ3v) is 1.84. The van der Waals surface area contributed by atoms with Crippen molar-refractivity contribution in [3.8, 4) is 0 Å². The molecule has 0 heterocycles. The third-order valence-electron chi connectivity index (χ3n) is 0.612. The first-order valence-corrected chi connectivity index (χ1v) is 6.54. The molecule has 2 nitrogen and oxygen atoms in total. The quantitative estimate of drug-likeness (QED) is 0.574. The number of rotatable bonds is 1. The molecule has 0 amide bonds. The Bertz CT molecular complexity index is 49.5. The highest BCUT2D eigenvalue weighted by molar-refractivity contribution is 6.69. The van der Waals surface area contributed by atoms with E-state index in [4.69, 9.17) is 9.53 Å². The van der Waals surface area contributed by atoms with E-state index in [1.54, 1.807) is 14.0 Å². The van der Waals surface area contributed by atoms with E-state index in [0.717, 1.165) is 0 Å². The summed E-state index contributed by atoms with van der Waals surface area (Å²) >= 11 is 0. The maximum absolute atomic E-state index is 7.57. The van der Waals surface area contributed by atoms with Crippen molar-refractivity contribution in [3.63, 3.8) is 0 Å². The maximum atomic E-state index is 7.57. The van der Waals surface area contributed by atoms with Gasteiger partial charge < -0.3 is 9.53 Å². The minimum Gasteiger partial charge on any atom is -0.421 e. The van der Waals surface area contributed by atoms with Crippen molar-refractivity contribution in [2.75, 3.05) is 13.7 Å². The lowest BCUT2D eigenvalue weighted by atomic mass is 10.9. The van der Waals surface area contributed by atoms with Crippen molar-refractivity contribution in [3.05, 3.63) is 0 Å². The molecule has 3 heteroatoms. The molecular formula is C6H18O2Si. The fourth-order valence-electron chi connectivity index (χ4n) is 0. The van der Waals surface area contributed by atoms with Gasteiger partial charge in [-0.15, -0.1) is 0 Å². The van der Waals surface area contributed by atoms with Gasteiger partial charge in [-0.05, 0) is 26.6 Å². The second kappa shape index (κ2) is 6.26. The van der Waals surface area contributed by atoms with Crippen LogP contribution in [0.4, 0.5) is 0 Å². The first kappa shape index (κ1) is 11.9. The Morgan fingerprint density at radius 2 is 1.44 bits per heavy atom. The van der Waals surface area contributed by atoms with Gasteiger partial charge in [-0.1, -0.05) is 0 Å².